The Bertz CT molecular complexity index is 752. The second-order valence-corrected chi connectivity index (χ2v) is 6.82. The van der Waals surface area contributed by atoms with Crippen LogP contribution in [0.2, 0.25) is 0 Å². The van der Waals surface area contributed by atoms with Crippen molar-refractivity contribution in [2.75, 3.05) is 5.73 Å². The fourth-order valence-corrected chi connectivity index (χ4v) is 3.32. The van der Waals surface area contributed by atoms with Gasteiger partial charge >= 0.3 is 0 Å². The number of nitrogen functional groups attached to an aromatic ring is 1. The molecule has 1 heterocycles. The molecule has 3 N–H and O–H groups in total. The second kappa shape index (κ2) is 6.26. The van der Waals surface area contributed by atoms with E-state index >= 15 is 0 Å². The number of carbonyl (C=O) groups is 1. The van der Waals surface area contributed by atoms with Crippen molar-refractivity contribution >= 4 is 22.6 Å². The lowest BCUT2D eigenvalue weighted by atomic mass is 9.92. The summed E-state index contributed by atoms with van der Waals surface area (Å²) in [6, 6.07) is 3.91. The standard InChI is InChI=1S/C18H22N4O2/c19-12-9-15-17(21-8-7-20-15)16(10-12)24-14-5-3-13(4-6-14)22-18(23)11-1-2-11/h7-11,13-14H,1-6,19H2,(H,22,23). The number of ether oxygens (including phenoxy) is 1. The maximum atomic E-state index is 11.9. The zero-order valence-corrected chi connectivity index (χ0v) is 13.6. The van der Waals surface area contributed by atoms with Crippen molar-refractivity contribution < 1.29 is 9.53 Å². The molecule has 4 rings (SSSR count). The number of anilines is 1. The Balaban J connectivity index is 1.39. The molecule has 1 aromatic heterocycles. The molecule has 6 heteroatoms. The molecule has 2 aliphatic rings. The molecule has 0 aliphatic heterocycles. The zero-order chi connectivity index (χ0) is 16.5. The number of benzene rings is 1. The minimum absolute atomic E-state index is 0.131. The van der Waals surface area contributed by atoms with Crippen LogP contribution < -0.4 is 15.8 Å². The lowest BCUT2D eigenvalue weighted by Gasteiger charge is -2.29. The molecule has 6 nitrogen and oxygen atoms in total. The highest BCUT2D eigenvalue weighted by molar-refractivity contribution is 5.84. The summed E-state index contributed by atoms with van der Waals surface area (Å²) in [7, 11) is 0. The maximum absolute atomic E-state index is 11.9. The quantitative estimate of drug-likeness (QED) is 0.842. The van der Waals surface area contributed by atoms with E-state index in [4.69, 9.17) is 10.5 Å². The smallest absolute Gasteiger partial charge is 0.223 e. The maximum Gasteiger partial charge on any atom is 0.223 e. The fourth-order valence-electron chi connectivity index (χ4n) is 3.32. The van der Waals surface area contributed by atoms with Crippen LogP contribution in [-0.2, 0) is 4.79 Å². The van der Waals surface area contributed by atoms with Gasteiger partial charge < -0.3 is 15.8 Å². The summed E-state index contributed by atoms with van der Waals surface area (Å²) in [5.74, 6) is 1.20. The highest BCUT2D eigenvalue weighted by Crippen LogP contribution is 2.32. The summed E-state index contributed by atoms with van der Waals surface area (Å²) in [4.78, 5) is 20.5. The lowest BCUT2D eigenvalue weighted by Crippen LogP contribution is -2.40. The lowest BCUT2D eigenvalue weighted by molar-refractivity contribution is -0.123. The van der Waals surface area contributed by atoms with E-state index in [-0.39, 0.29) is 24.0 Å². The predicted molar refractivity (Wildman–Crippen MR) is 91.5 cm³/mol. The van der Waals surface area contributed by atoms with E-state index in [0.717, 1.165) is 49.6 Å². The van der Waals surface area contributed by atoms with Crippen molar-refractivity contribution in [3.8, 4) is 5.75 Å². The molecule has 0 unspecified atom stereocenters. The first kappa shape index (κ1) is 15.2. The Morgan fingerprint density at radius 3 is 2.58 bits per heavy atom. The van der Waals surface area contributed by atoms with Crippen molar-refractivity contribution in [3.05, 3.63) is 24.5 Å². The number of carbonyl (C=O) groups excluding carboxylic acids is 1. The third kappa shape index (κ3) is 3.27. The van der Waals surface area contributed by atoms with Gasteiger partial charge in [0.05, 0.1) is 11.6 Å². The van der Waals surface area contributed by atoms with E-state index in [1.54, 1.807) is 18.5 Å². The number of nitrogens with one attached hydrogen (secondary N) is 1. The predicted octanol–water partition coefficient (Wildman–Crippen LogP) is 2.43. The molecular weight excluding hydrogens is 304 g/mol. The van der Waals surface area contributed by atoms with Gasteiger partial charge in [0.2, 0.25) is 5.91 Å². The molecule has 0 bridgehead atoms. The van der Waals surface area contributed by atoms with Gasteiger partial charge in [0, 0.05) is 36.1 Å². The number of hydrogen-bond acceptors (Lipinski definition) is 5. The van der Waals surface area contributed by atoms with Crippen molar-refractivity contribution in [1.29, 1.82) is 0 Å². The van der Waals surface area contributed by atoms with Crippen molar-refractivity contribution in [3.63, 3.8) is 0 Å². The number of nitrogens with two attached hydrogens (primary N) is 1. The number of nitrogens with zero attached hydrogens (tertiary/aromatic N) is 2. The van der Waals surface area contributed by atoms with Crippen LogP contribution in [-0.4, -0.2) is 28.0 Å². The van der Waals surface area contributed by atoms with Crippen molar-refractivity contribution in [2.24, 2.45) is 5.92 Å². The highest BCUT2D eigenvalue weighted by atomic mass is 16.5. The Hall–Kier alpha value is -2.37. The van der Waals surface area contributed by atoms with Crippen LogP contribution in [0.5, 0.6) is 5.75 Å². The molecule has 1 amide bonds. The number of hydrogen-bond donors (Lipinski definition) is 2. The molecule has 0 radical (unpaired) electrons. The number of rotatable bonds is 4. The van der Waals surface area contributed by atoms with Crippen LogP contribution in [0, 0.1) is 5.92 Å². The molecular formula is C18H22N4O2. The largest absolute Gasteiger partial charge is 0.488 e. The van der Waals surface area contributed by atoms with E-state index in [1.165, 1.54) is 0 Å². The Morgan fingerprint density at radius 1 is 1.08 bits per heavy atom. The van der Waals surface area contributed by atoms with Crippen LogP contribution in [0.4, 0.5) is 5.69 Å². The third-order valence-electron chi connectivity index (χ3n) is 4.82. The van der Waals surface area contributed by atoms with Crippen molar-refractivity contribution in [1.82, 2.24) is 15.3 Å². The SMILES string of the molecule is Nc1cc(OC2CCC(NC(=O)C3CC3)CC2)c2nccnc2c1. The van der Waals surface area contributed by atoms with Gasteiger partial charge in [-0.2, -0.15) is 0 Å². The number of amides is 1. The second-order valence-electron chi connectivity index (χ2n) is 6.82. The summed E-state index contributed by atoms with van der Waals surface area (Å²) in [6.45, 7) is 0. The van der Waals surface area contributed by atoms with Crippen LogP contribution in [0.25, 0.3) is 11.0 Å². The van der Waals surface area contributed by atoms with Gasteiger partial charge in [-0.15, -0.1) is 0 Å². The van der Waals surface area contributed by atoms with Gasteiger partial charge in [-0.25, -0.2) is 4.98 Å². The van der Waals surface area contributed by atoms with Crippen molar-refractivity contribution in [2.45, 2.75) is 50.7 Å². The van der Waals surface area contributed by atoms with Crippen LogP contribution in [0.3, 0.4) is 0 Å². The number of fused-ring (bicyclic) bond motifs is 1. The van der Waals surface area contributed by atoms with Gasteiger partial charge in [-0.05, 0) is 44.6 Å². The number of aromatic nitrogens is 2. The summed E-state index contributed by atoms with van der Waals surface area (Å²) in [5, 5.41) is 3.17. The normalized spacial score (nSPS) is 23.8. The average molecular weight is 326 g/mol. The molecule has 0 atom stereocenters. The fraction of sp³-hybridized carbons (Fsp3) is 0.500. The molecule has 126 valence electrons. The zero-order valence-electron chi connectivity index (χ0n) is 13.6. The van der Waals surface area contributed by atoms with Crippen LogP contribution in [0.15, 0.2) is 24.5 Å². The van der Waals surface area contributed by atoms with Gasteiger partial charge in [-0.1, -0.05) is 0 Å². The van der Waals surface area contributed by atoms with Crippen LogP contribution >= 0.6 is 0 Å². The summed E-state index contributed by atoms with van der Waals surface area (Å²) >= 11 is 0. The molecule has 0 saturated heterocycles. The topological polar surface area (TPSA) is 90.1 Å². The first-order valence-corrected chi connectivity index (χ1v) is 8.66. The van der Waals surface area contributed by atoms with Gasteiger partial charge in [0.15, 0.2) is 0 Å². The summed E-state index contributed by atoms with van der Waals surface area (Å²) in [6.07, 6.45) is 9.30. The van der Waals surface area contributed by atoms with E-state index in [0.29, 0.717) is 11.4 Å². The molecule has 2 saturated carbocycles. The van der Waals surface area contributed by atoms with Crippen LogP contribution in [0.1, 0.15) is 38.5 Å². The molecule has 0 spiro atoms. The Kier molecular flexibility index (Phi) is 3.96. The van der Waals surface area contributed by atoms with Gasteiger partial charge in [0.1, 0.15) is 11.3 Å². The minimum atomic E-state index is 0.131. The van der Waals surface area contributed by atoms with E-state index in [1.807, 2.05) is 6.07 Å². The molecule has 24 heavy (non-hydrogen) atoms. The Morgan fingerprint density at radius 2 is 1.83 bits per heavy atom. The molecule has 2 fully saturated rings. The molecule has 1 aromatic carbocycles. The first-order valence-electron chi connectivity index (χ1n) is 8.66. The van der Waals surface area contributed by atoms with E-state index in [9.17, 15) is 4.79 Å². The van der Waals surface area contributed by atoms with Gasteiger partial charge in [0.25, 0.3) is 0 Å². The summed E-state index contributed by atoms with van der Waals surface area (Å²) < 4.78 is 6.17. The van der Waals surface area contributed by atoms with E-state index < -0.39 is 0 Å². The first-order chi connectivity index (χ1) is 11.7. The van der Waals surface area contributed by atoms with Gasteiger partial charge in [-0.3, -0.25) is 9.78 Å². The monoisotopic (exact) mass is 326 g/mol. The third-order valence-corrected chi connectivity index (χ3v) is 4.82. The Labute approximate surface area is 140 Å². The average Bonchev–Trinajstić information content (AvgIpc) is 3.41. The molecule has 2 aliphatic carbocycles. The van der Waals surface area contributed by atoms with E-state index in [2.05, 4.69) is 15.3 Å². The molecule has 2 aromatic rings. The summed E-state index contributed by atoms with van der Waals surface area (Å²) in [5.41, 5.74) is 8.07. The highest BCUT2D eigenvalue weighted by Gasteiger charge is 2.32. The minimum Gasteiger partial charge on any atom is -0.488 e.